The topological polar surface area (TPSA) is 60.0 Å². The smallest absolute Gasteiger partial charge is 0.101 e. The number of hydrogen-bond acceptors (Lipinski definition) is 5. The van der Waals surface area contributed by atoms with E-state index in [0.717, 1.165) is 6.54 Å². The molecule has 0 saturated heterocycles. The Kier molecular flexibility index (Phi) is 10.2. The second-order valence-corrected chi connectivity index (χ2v) is 3.43. The number of nitrogens with one attached hydrogen (secondary N) is 1. The maximum absolute atomic E-state index is 9.45. The van der Waals surface area contributed by atoms with Crippen LogP contribution in [0, 0.1) is 0 Å². The van der Waals surface area contributed by atoms with E-state index in [0.29, 0.717) is 19.8 Å². The van der Waals surface area contributed by atoms with Crippen LogP contribution in [0.2, 0.25) is 0 Å². The molecule has 0 amide bonds. The molecule has 2 atom stereocenters. The fourth-order valence-electron chi connectivity index (χ4n) is 1.000. The van der Waals surface area contributed by atoms with E-state index in [1.807, 2.05) is 14.0 Å². The minimum Gasteiger partial charge on any atom is -0.388 e. The van der Waals surface area contributed by atoms with Gasteiger partial charge in [-0.15, -0.1) is 0 Å². The largest absolute Gasteiger partial charge is 0.388 e. The third-order valence-electron chi connectivity index (χ3n) is 1.78. The monoisotopic (exact) mass is 221 g/mol. The SMILES string of the molecule is CNCCOCC(O)COC(C)COC. The summed E-state index contributed by atoms with van der Waals surface area (Å²) in [4.78, 5) is 0. The molecule has 0 rings (SSSR count). The van der Waals surface area contributed by atoms with Crippen LogP contribution < -0.4 is 5.32 Å². The molecule has 0 fully saturated rings. The molecule has 2 unspecified atom stereocenters. The zero-order chi connectivity index (χ0) is 11.5. The quantitative estimate of drug-likeness (QED) is 0.493. The number of likely N-dealkylation sites (N-methyl/N-ethyl adjacent to an activating group) is 1. The summed E-state index contributed by atoms with van der Waals surface area (Å²) in [5.74, 6) is 0. The third-order valence-corrected chi connectivity index (χ3v) is 1.78. The van der Waals surface area contributed by atoms with Crippen LogP contribution in [0.4, 0.5) is 0 Å². The van der Waals surface area contributed by atoms with Crippen molar-refractivity contribution < 1.29 is 19.3 Å². The maximum Gasteiger partial charge on any atom is 0.101 e. The fraction of sp³-hybridized carbons (Fsp3) is 1.00. The van der Waals surface area contributed by atoms with Crippen molar-refractivity contribution in [2.75, 3.05) is 47.1 Å². The van der Waals surface area contributed by atoms with Crippen molar-refractivity contribution in [3.63, 3.8) is 0 Å². The van der Waals surface area contributed by atoms with E-state index in [-0.39, 0.29) is 12.7 Å². The van der Waals surface area contributed by atoms with E-state index in [1.54, 1.807) is 7.11 Å². The summed E-state index contributed by atoms with van der Waals surface area (Å²) >= 11 is 0. The number of ether oxygens (including phenoxy) is 3. The van der Waals surface area contributed by atoms with Crippen molar-refractivity contribution in [1.82, 2.24) is 5.32 Å². The molecule has 0 bridgehead atoms. The zero-order valence-electron chi connectivity index (χ0n) is 9.86. The summed E-state index contributed by atoms with van der Waals surface area (Å²) in [7, 11) is 3.48. The third kappa shape index (κ3) is 10.1. The molecule has 0 aromatic heterocycles. The number of aliphatic hydroxyl groups excluding tert-OH is 1. The van der Waals surface area contributed by atoms with Crippen molar-refractivity contribution in [2.45, 2.75) is 19.1 Å². The van der Waals surface area contributed by atoms with Crippen LogP contribution in [0.1, 0.15) is 6.92 Å². The first-order chi connectivity index (χ1) is 7.20. The zero-order valence-corrected chi connectivity index (χ0v) is 9.86. The Balaban J connectivity index is 3.28. The summed E-state index contributed by atoms with van der Waals surface area (Å²) in [5.41, 5.74) is 0. The predicted octanol–water partition coefficient (Wildman–Crippen LogP) is -0.365. The Morgan fingerprint density at radius 1 is 1.27 bits per heavy atom. The van der Waals surface area contributed by atoms with Crippen molar-refractivity contribution in [2.24, 2.45) is 0 Å². The van der Waals surface area contributed by atoms with E-state index >= 15 is 0 Å². The second-order valence-electron chi connectivity index (χ2n) is 3.43. The van der Waals surface area contributed by atoms with Gasteiger partial charge in [0.1, 0.15) is 6.10 Å². The van der Waals surface area contributed by atoms with Crippen molar-refractivity contribution in [3.05, 3.63) is 0 Å². The lowest BCUT2D eigenvalue weighted by atomic mass is 10.4. The molecule has 5 nitrogen and oxygen atoms in total. The van der Waals surface area contributed by atoms with Gasteiger partial charge in [0.15, 0.2) is 0 Å². The molecule has 0 spiro atoms. The summed E-state index contributed by atoms with van der Waals surface area (Å²) in [6.45, 7) is 4.41. The van der Waals surface area contributed by atoms with Gasteiger partial charge < -0.3 is 24.6 Å². The number of hydrogen-bond donors (Lipinski definition) is 2. The lowest BCUT2D eigenvalue weighted by molar-refractivity contribution is -0.0561. The highest BCUT2D eigenvalue weighted by Gasteiger charge is 2.07. The molecule has 0 aromatic carbocycles. The Morgan fingerprint density at radius 2 is 2.00 bits per heavy atom. The highest BCUT2D eigenvalue weighted by atomic mass is 16.5. The van der Waals surface area contributed by atoms with E-state index in [9.17, 15) is 5.11 Å². The minimum atomic E-state index is -0.568. The van der Waals surface area contributed by atoms with E-state index in [2.05, 4.69) is 5.32 Å². The van der Waals surface area contributed by atoms with E-state index < -0.39 is 6.10 Å². The molecule has 0 aliphatic carbocycles. The average molecular weight is 221 g/mol. The first-order valence-corrected chi connectivity index (χ1v) is 5.21. The highest BCUT2D eigenvalue weighted by Crippen LogP contribution is 1.94. The first-order valence-electron chi connectivity index (χ1n) is 5.21. The number of methoxy groups -OCH3 is 1. The molecular formula is C10H23NO4. The van der Waals surface area contributed by atoms with Crippen molar-refractivity contribution in [1.29, 1.82) is 0 Å². The average Bonchev–Trinajstić information content (AvgIpc) is 2.22. The van der Waals surface area contributed by atoms with Gasteiger partial charge in [0, 0.05) is 13.7 Å². The van der Waals surface area contributed by atoms with E-state index in [4.69, 9.17) is 14.2 Å². The van der Waals surface area contributed by atoms with Gasteiger partial charge in [-0.3, -0.25) is 0 Å². The Morgan fingerprint density at radius 3 is 2.60 bits per heavy atom. The molecule has 15 heavy (non-hydrogen) atoms. The molecule has 0 saturated carbocycles. The second kappa shape index (κ2) is 10.3. The van der Waals surface area contributed by atoms with Gasteiger partial charge in [0.25, 0.3) is 0 Å². The highest BCUT2D eigenvalue weighted by molar-refractivity contribution is 4.54. The lowest BCUT2D eigenvalue weighted by Crippen LogP contribution is -2.27. The Bertz CT molecular complexity index is 135. The van der Waals surface area contributed by atoms with Crippen LogP contribution >= 0.6 is 0 Å². The van der Waals surface area contributed by atoms with Gasteiger partial charge in [-0.2, -0.15) is 0 Å². The van der Waals surface area contributed by atoms with Crippen molar-refractivity contribution in [3.8, 4) is 0 Å². The molecule has 92 valence electrons. The van der Waals surface area contributed by atoms with Crippen LogP contribution in [-0.2, 0) is 14.2 Å². The summed E-state index contributed by atoms with van der Waals surface area (Å²) < 4.78 is 15.4. The fourth-order valence-corrected chi connectivity index (χ4v) is 1.000. The maximum atomic E-state index is 9.45. The molecule has 0 aliphatic heterocycles. The normalized spacial score (nSPS) is 15.2. The lowest BCUT2D eigenvalue weighted by Gasteiger charge is -2.15. The van der Waals surface area contributed by atoms with Crippen LogP contribution in [-0.4, -0.2) is 64.4 Å². The van der Waals surface area contributed by atoms with Crippen LogP contribution in [0.25, 0.3) is 0 Å². The van der Waals surface area contributed by atoms with Gasteiger partial charge >= 0.3 is 0 Å². The molecule has 0 aliphatic rings. The standard InChI is InChI=1S/C10H23NO4/c1-9(6-13-3)15-8-10(12)7-14-5-4-11-2/h9-12H,4-8H2,1-3H3. The van der Waals surface area contributed by atoms with Crippen LogP contribution in [0.3, 0.4) is 0 Å². The number of rotatable bonds is 10. The van der Waals surface area contributed by atoms with Crippen LogP contribution in [0.15, 0.2) is 0 Å². The van der Waals surface area contributed by atoms with Crippen LogP contribution in [0.5, 0.6) is 0 Å². The molecule has 0 aromatic rings. The molecular weight excluding hydrogens is 198 g/mol. The molecule has 2 N–H and O–H groups in total. The van der Waals surface area contributed by atoms with E-state index in [1.165, 1.54) is 0 Å². The first kappa shape index (κ1) is 14.8. The number of aliphatic hydroxyl groups is 1. The van der Waals surface area contributed by atoms with Gasteiger partial charge in [0.2, 0.25) is 0 Å². The summed E-state index contributed by atoms with van der Waals surface area (Å²) in [6, 6.07) is 0. The molecule has 0 heterocycles. The minimum absolute atomic E-state index is 0.00181. The van der Waals surface area contributed by atoms with Gasteiger partial charge in [-0.05, 0) is 14.0 Å². The van der Waals surface area contributed by atoms with Gasteiger partial charge in [0.05, 0.1) is 32.5 Å². The summed E-state index contributed by atoms with van der Waals surface area (Å²) in [5, 5.41) is 12.4. The van der Waals surface area contributed by atoms with Gasteiger partial charge in [-0.25, -0.2) is 0 Å². The molecule has 0 radical (unpaired) electrons. The summed E-state index contributed by atoms with van der Waals surface area (Å²) in [6.07, 6.45) is -0.567. The Labute approximate surface area is 91.7 Å². The Hall–Kier alpha value is -0.200. The van der Waals surface area contributed by atoms with Gasteiger partial charge in [-0.1, -0.05) is 0 Å². The van der Waals surface area contributed by atoms with Crippen molar-refractivity contribution >= 4 is 0 Å². The molecule has 5 heteroatoms. The predicted molar refractivity (Wildman–Crippen MR) is 58.0 cm³/mol.